The maximum Gasteiger partial charge on any atom is 0.322 e. The van der Waals surface area contributed by atoms with Gasteiger partial charge in [-0.3, -0.25) is 19.2 Å². The van der Waals surface area contributed by atoms with Crippen LogP contribution in [0.1, 0.15) is 0 Å². The van der Waals surface area contributed by atoms with Gasteiger partial charge in [-0.05, 0) is 0 Å². The topological polar surface area (TPSA) is 125 Å². The van der Waals surface area contributed by atoms with Gasteiger partial charge in [-0.1, -0.05) is 0 Å². The first-order chi connectivity index (χ1) is 7.97. The number of thiol groups is 1. The molecule has 0 spiro atoms. The minimum absolute atomic E-state index is 0.237. The molecule has 4 N–H and O–H groups in total. The van der Waals surface area contributed by atoms with Crippen LogP contribution in [0.3, 0.4) is 0 Å². The molecule has 96 valence electrons. The summed E-state index contributed by atoms with van der Waals surface area (Å²) in [7, 11) is 0. The molecule has 0 saturated carbocycles. The summed E-state index contributed by atoms with van der Waals surface area (Å²) in [6.07, 6.45) is 0. The number of nitrogens with one attached hydrogen (secondary N) is 3. The first-order valence-corrected chi connectivity index (χ1v) is 5.26. The predicted octanol–water partition coefficient (Wildman–Crippen LogP) is -2.65. The molecule has 0 unspecified atom stereocenters. The number of hydrogen-bond acceptors (Lipinski definition) is 5. The molecule has 0 saturated heterocycles. The number of carboxylic acids is 1. The Balaban J connectivity index is 3.79. The van der Waals surface area contributed by atoms with Gasteiger partial charge in [-0.2, -0.15) is 12.6 Å². The molecule has 0 aromatic rings. The Morgan fingerprint density at radius 1 is 0.941 bits per heavy atom. The maximum absolute atomic E-state index is 11.0. The number of carbonyl (C=O) groups excluding carboxylic acids is 3. The number of rotatable bonds is 6. The van der Waals surface area contributed by atoms with Crippen LogP contribution in [0.25, 0.3) is 0 Å². The second-order valence-corrected chi connectivity index (χ2v) is 3.28. The van der Waals surface area contributed by atoms with E-state index in [0.29, 0.717) is 5.75 Å². The third-order valence-electron chi connectivity index (χ3n) is 1.45. The zero-order valence-electron chi connectivity index (χ0n) is 8.86. The first kappa shape index (κ1) is 15.2. The quantitative estimate of drug-likeness (QED) is 0.264. The summed E-state index contributed by atoms with van der Waals surface area (Å²) in [6, 6.07) is 0. The van der Waals surface area contributed by atoms with Crippen LogP contribution < -0.4 is 16.0 Å². The Morgan fingerprint density at radius 2 is 1.53 bits per heavy atom. The Labute approximate surface area is 103 Å². The van der Waals surface area contributed by atoms with Crippen molar-refractivity contribution in [3.8, 4) is 0 Å². The SMILES string of the molecule is O=C(O)CNC(=O)CNC(=O)C(=O)NCCS. The lowest BCUT2D eigenvalue weighted by Gasteiger charge is -2.05. The molecular formula is C8H13N3O5S. The maximum atomic E-state index is 11.0. The molecule has 3 amide bonds. The standard InChI is InChI=1S/C8H13N3O5S/c12-5(10-4-6(13)14)3-11-8(16)7(15)9-1-2-17/h17H,1-4H2,(H,9,15)(H,10,12)(H,11,16)(H,13,14). The zero-order valence-corrected chi connectivity index (χ0v) is 9.75. The third kappa shape index (κ3) is 8.08. The number of amides is 3. The van der Waals surface area contributed by atoms with Crippen molar-refractivity contribution < 1.29 is 24.3 Å². The van der Waals surface area contributed by atoms with Crippen LogP contribution in [-0.4, -0.2) is 54.2 Å². The molecule has 0 aromatic heterocycles. The second kappa shape index (κ2) is 8.39. The van der Waals surface area contributed by atoms with Crippen molar-refractivity contribution in [3.05, 3.63) is 0 Å². The number of carbonyl (C=O) groups is 4. The average molecular weight is 263 g/mol. The van der Waals surface area contributed by atoms with Gasteiger partial charge in [0.15, 0.2) is 0 Å². The van der Waals surface area contributed by atoms with Crippen molar-refractivity contribution in [2.75, 3.05) is 25.4 Å². The van der Waals surface area contributed by atoms with E-state index in [-0.39, 0.29) is 6.54 Å². The van der Waals surface area contributed by atoms with Crippen LogP contribution in [0.4, 0.5) is 0 Å². The highest BCUT2D eigenvalue weighted by Gasteiger charge is 2.13. The summed E-state index contributed by atoms with van der Waals surface area (Å²) in [6.45, 7) is -0.762. The fourth-order valence-corrected chi connectivity index (χ4v) is 0.839. The molecule has 0 aliphatic rings. The van der Waals surface area contributed by atoms with E-state index in [1.807, 2.05) is 10.6 Å². The molecule has 9 heteroatoms. The van der Waals surface area contributed by atoms with Gasteiger partial charge < -0.3 is 21.1 Å². The van der Waals surface area contributed by atoms with E-state index in [0.717, 1.165) is 0 Å². The second-order valence-electron chi connectivity index (χ2n) is 2.83. The van der Waals surface area contributed by atoms with Gasteiger partial charge in [0.25, 0.3) is 0 Å². The van der Waals surface area contributed by atoms with E-state index in [1.54, 1.807) is 0 Å². The summed E-state index contributed by atoms with van der Waals surface area (Å²) < 4.78 is 0. The fraction of sp³-hybridized carbons (Fsp3) is 0.500. The van der Waals surface area contributed by atoms with Crippen molar-refractivity contribution in [3.63, 3.8) is 0 Å². The van der Waals surface area contributed by atoms with Crippen molar-refractivity contribution in [2.45, 2.75) is 0 Å². The van der Waals surface area contributed by atoms with E-state index in [9.17, 15) is 19.2 Å². The van der Waals surface area contributed by atoms with Crippen LogP contribution in [0.15, 0.2) is 0 Å². The average Bonchev–Trinajstić information content (AvgIpc) is 2.30. The number of carboxylic acid groups (broad SMARTS) is 1. The molecule has 17 heavy (non-hydrogen) atoms. The van der Waals surface area contributed by atoms with Crippen molar-refractivity contribution in [1.29, 1.82) is 0 Å². The van der Waals surface area contributed by atoms with Gasteiger partial charge in [0, 0.05) is 12.3 Å². The first-order valence-electron chi connectivity index (χ1n) is 4.62. The van der Waals surface area contributed by atoms with Crippen LogP contribution in [0.2, 0.25) is 0 Å². The van der Waals surface area contributed by atoms with Gasteiger partial charge in [-0.25, -0.2) is 0 Å². The van der Waals surface area contributed by atoms with Crippen LogP contribution in [0, 0.1) is 0 Å². The summed E-state index contributed by atoms with van der Waals surface area (Å²) in [4.78, 5) is 43.1. The highest BCUT2D eigenvalue weighted by molar-refractivity contribution is 7.80. The summed E-state index contributed by atoms with van der Waals surface area (Å²) >= 11 is 3.83. The highest BCUT2D eigenvalue weighted by atomic mass is 32.1. The largest absolute Gasteiger partial charge is 0.480 e. The lowest BCUT2D eigenvalue weighted by molar-refractivity contribution is -0.140. The van der Waals surface area contributed by atoms with Gasteiger partial charge in [0.05, 0.1) is 6.54 Å². The zero-order chi connectivity index (χ0) is 13.3. The van der Waals surface area contributed by atoms with E-state index in [4.69, 9.17) is 5.11 Å². The lowest BCUT2D eigenvalue weighted by Crippen LogP contribution is -2.45. The predicted molar refractivity (Wildman–Crippen MR) is 60.5 cm³/mol. The summed E-state index contributed by atoms with van der Waals surface area (Å²) in [5, 5.41) is 14.6. The molecule has 0 rings (SSSR count). The van der Waals surface area contributed by atoms with E-state index in [2.05, 4.69) is 17.9 Å². The molecule has 0 fully saturated rings. The lowest BCUT2D eigenvalue weighted by atomic mass is 10.4. The van der Waals surface area contributed by atoms with E-state index < -0.39 is 36.8 Å². The van der Waals surface area contributed by atoms with Crippen LogP contribution in [0.5, 0.6) is 0 Å². The van der Waals surface area contributed by atoms with Crippen molar-refractivity contribution >= 4 is 36.3 Å². The monoisotopic (exact) mass is 263 g/mol. The van der Waals surface area contributed by atoms with Gasteiger partial charge >= 0.3 is 17.8 Å². The van der Waals surface area contributed by atoms with Gasteiger partial charge in [-0.15, -0.1) is 0 Å². The smallest absolute Gasteiger partial charge is 0.322 e. The van der Waals surface area contributed by atoms with E-state index in [1.165, 1.54) is 0 Å². The molecule has 0 bridgehead atoms. The Morgan fingerprint density at radius 3 is 2.06 bits per heavy atom. The molecule has 0 heterocycles. The third-order valence-corrected chi connectivity index (χ3v) is 1.67. The van der Waals surface area contributed by atoms with E-state index >= 15 is 0 Å². The van der Waals surface area contributed by atoms with Crippen LogP contribution >= 0.6 is 12.6 Å². The molecule has 0 aliphatic heterocycles. The highest BCUT2D eigenvalue weighted by Crippen LogP contribution is 1.73. The minimum Gasteiger partial charge on any atom is -0.480 e. The number of hydrogen-bond donors (Lipinski definition) is 5. The van der Waals surface area contributed by atoms with Crippen molar-refractivity contribution in [1.82, 2.24) is 16.0 Å². The fourth-order valence-electron chi connectivity index (χ4n) is 0.727. The van der Waals surface area contributed by atoms with Gasteiger partial charge in [0.1, 0.15) is 6.54 Å². The number of aliphatic carboxylic acids is 1. The molecule has 0 aromatic carbocycles. The molecule has 0 radical (unpaired) electrons. The van der Waals surface area contributed by atoms with Gasteiger partial charge in [0.2, 0.25) is 5.91 Å². The summed E-state index contributed by atoms with van der Waals surface area (Å²) in [5.41, 5.74) is 0. The minimum atomic E-state index is -1.20. The Bertz CT molecular complexity index is 320. The van der Waals surface area contributed by atoms with Crippen LogP contribution in [-0.2, 0) is 19.2 Å². The van der Waals surface area contributed by atoms with Crippen molar-refractivity contribution in [2.24, 2.45) is 0 Å². The normalized spacial score (nSPS) is 9.24. The Kier molecular flexibility index (Phi) is 7.52. The molecule has 0 atom stereocenters. The summed E-state index contributed by atoms with van der Waals surface area (Å²) in [5.74, 6) is -3.33. The molecular weight excluding hydrogens is 250 g/mol. The molecule has 0 aliphatic carbocycles. The molecule has 8 nitrogen and oxygen atoms in total. The Hall–Kier alpha value is -1.77.